The fourth-order valence-corrected chi connectivity index (χ4v) is 3.30. The molecule has 0 radical (unpaired) electrons. The molecule has 0 saturated heterocycles. The summed E-state index contributed by atoms with van der Waals surface area (Å²) in [5.41, 5.74) is 3.47. The van der Waals surface area contributed by atoms with Gasteiger partial charge in [0.05, 0.1) is 18.4 Å². The fourth-order valence-electron chi connectivity index (χ4n) is 3.30. The molecule has 0 bridgehead atoms. The highest BCUT2D eigenvalue weighted by molar-refractivity contribution is 5.91. The molecule has 2 aromatic heterocycles. The number of methoxy groups -OCH3 is 1. The van der Waals surface area contributed by atoms with E-state index in [2.05, 4.69) is 9.84 Å². The molecule has 0 aliphatic carbocycles. The van der Waals surface area contributed by atoms with Crippen LogP contribution in [-0.4, -0.2) is 40.7 Å². The third kappa shape index (κ3) is 4.96. The van der Waals surface area contributed by atoms with Crippen LogP contribution < -0.4 is 4.74 Å². The maximum absolute atomic E-state index is 12.8. The maximum atomic E-state index is 12.8. The van der Waals surface area contributed by atoms with Crippen LogP contribution in [0.4, 0.5) is 0 Å². The molecular formula is C23H27N3O5. The van der Waals surface area contributed by atoms with E-state index in [0.29, 0.717) is 23.6 Å². The van der Waals surface area contributed by atoms with Crippen molar-refractivity contribution in [1.82, 2.24) is 14.7 Å². The molecule has 164 valence electrons. The number of benzene rings is 1. The molecule has 0 spiro atoms. The molecule has 8 nitrogen and oxygen atoms in total. The molecule has 8 heteroatoms. The smallest absolute Gasteiger partial charge is 0.337 e. The molecule has 1 amide bonds. The average molecular weight is 425 g/mol. The van der Waals surface area contributed by atoms with E-state index in [4.69, 9.17) is 9.15 Å². The van der Waals surface area contributed by atoms with Gasteiger partial charge in [-0.2, -0.15) is 5.10 Å². The van der Waals surface area contributed by atoms with Crippen molar-refractivity contribution in [2.75, 3.05) is 14.2 Å². The van der Waals surface area contributed by atoms with Crippen molar-refractivity contribution in [3.05, 3.63) is 70.4 Å². The summed E-state index contributed by atoms with van der Waals surface area (Å²) in [5, 5.41) is 4.50. The summed E-state index contributed by atoms with van der Waals surface area (Å²) >= 11 is 0. The molecular weight excluding hydrogens is 398 g/mol. The van der Waals surface area contributed by atoms with Crippen LogP contribution in [0.3, 0.4) is 0 Å². The van der Waals surface area contributed by atoms with E-state index >= 15 is 0 Å². The highest BCUT2D eigenvalue weighted by Gasteiger charge is 2.20. The second kappa shape index (κ2) is 9.51. The molecule has 0 saturated carbocycles. The summed E-state index contributed by atoms with van der Waals surface area (Å²) in [6.07, 6.45) is 0. The number of hydrogen-bond acceptors (Lipinski definition) is 6. The number of aromatic nitrogens is 2. The third-order valence-corrected chi connectivity index (χ3v) is 5.10. The minimum Gasteiger partial charge on any atom is -0.486 e. The Balaban J connectivity index is 1.60. The van der Waals surface area contributed by atoms with Gasteiger partial charge in [0.15, 0.2) is 5.76 Å². The predicted molar refractivity (Wildman–Crippen MR) is 114 cm³/mol. The number of furan rings is 1. The molecule has 3 rings (SSSR count). The van der Waals surface area contributed by atoms with E-state index in [1.54, 1.807) is 48.3 Å². The minimum atomic E-state index is -0.405. The number of amides is 1. The zero-order valence-corrected chi connectivity index (χ0v) is 18.5. The number of rotatable bonds is 8. The van der Waals surface area contributed by atoms with Crippen LogP contribution in [0.25, 0.3) is 0 Å². The van der Waals surface area contributed by atoms with E-state index in [1.165, 1.54) is 7.11 Å². The summed E-state index contributed by atoms with van der Waals surface area (Å²) in [6.45, 7) is 7.41. The van der Waals surface area contributed by atoms with Crippen LogP contribution >= 0.6 is 0 Å². The van der Waals surface area contributed by atoms with Gasteiger partial charge in [0, 0.05) is 31.4 Å². The molecule has 3 aromatic rings. The van der Waals surface area contributed by atoms with Crippen molar-refractivity contribution in [3.8, 4) is 5.75 Å². The highest BCUT2D eigenvalue weighted by Crippen LogP contribution is 2.19. The molecule has 2 heterocycles. The number of ether oxygens (including phenoxy) is 2. The Morgan fingerprint density at radius 2 is 1.84 bits per heavy atom. The predicted octanol–water partition coefficient (Wildman–Crippen LogP) is 3.75. The van der Waals surface area contributed by atoms with Gasteiger partial charge in [-0.15, -0.1) is 0 Å². The first-order valence-electron chi connectivity index (χ1n) is 10.0. The normalized spacial score (nSPS) is 10.7. The first kappa shape index (κ1) is 22.1. The van der Waals surface area contributed by atoms with E-state index in [0.717, 1.165) is 23.5 Å². The van der Waals surface area contributed by atoms with Crippen LogP contribution in [0.1, 0.15) is 50.5 Å². The molecule has 0 fully saturated rings. The van der Waals surface area contributed by atoms with Crippen molar-refractivity contribution in [1.29, 1.82) is 0 Å². The topological polar surface area (TPSA) is 86.8 Å². The number of hydrogen-bond donors (Lipinski definition) is 0. The summed E-state index contributed by atoms with van der Waals surface area (Å²) in [4.78, 5) is 25.9. The Hall–Kier alpha value is -3.55. The van der Waals surface area contributed by atoms with Crippen LogP contribution in [0.5, 0.6) is 5.75 Å². The van der Waals surface area contributed by atoms with Gasteiger partial charge in [0.1, 0.15) is 18.1 Å². The average Bonchev–Trinajstić information content (AvgIpc) is 3.36. The first-order valence-corrected chi connectivity index (χ1v) is 10.0. The second-order valence-corrected chi connectivity index (χ2v) is 7.20. The van der Waals surface area contributed by atoms with Crippen molar-refractivity contribution in [2.24, 2.45) is 0 Å². The molecule has 0 N–H and O–H groups in total. The Labute approximate surface area is 181 Å². The summed E-state index contributed by atoms with van der Waals surface area (Å²) in [7, 11) is 3.08. The Morgan fingerprint density at radius 1 is 1.13 bits per heavy atom. The molecule has 0 aliphatic rings. The van der Waals surface area contributed by atoms with Gasteiger partial charge in [-0.05, 0) is 57.2 Å². The lowest BCUT2D eigenvalue weighted by Crippen LogP contribution is -2.26. The SMILES string of the molecule is CCn1nc(C)c(CN(C)C(=O)c2ccc(COc3ccc(C(=O)OC)cc3)o2)c1C. The number of carbonyl (C=O) groups excluding carboxylic acids is 2. The molecule has 31 heavy (non-hydrogen) atoms. The van der Waals surface area contributed by atoms with Gasteiger partial charge in [-0.3, -0.25) is 9.48 Å². The lowest BCUT2D eigenvalue weighted by atomic mass is 10.2. The van der Waals surface area contributed by atoms with Crippen LogP contribution in [0.15, 0.2) is 40.8 Å². The summed E-state index contributed by atoms with van der Waals surface area (Å²) in [6, 6.07) is 9.96. The minimum absolute atomic E-state index is 0.163. The standard InChI is InChI=1S/C23H27N3O5/c1-6-26-16(3)20(15(2)24-26)13-25(4)22(27)21-12-11-19(31-21)14-30-18-9-7-17(8-10-18)23(28)29-5/h7-12H,6,13-14H2,1-5H3. The number of aryl methyl sites for hydroxylation is 2. The van der Waals surface area contributed by atoms with Crippen LogP contribution in [0, 0.1) is 13.8 Å². The monoisotopic (exact) mass is 425 g/mol. The van der Waals surface area contributed by atoms with E-state index in [-0.39, 0.29) is 18.3 Å². The van der Waals surface area contributed by atoms with Gasteiger partial charge in [-0.25, -0.2) is 4.79 Å². The summed E-state index contributed by atoms with van der Waals surface area (Å²) in [5.74, 6) is 0.738. The van der Waals surface area contributed by atoms with Gasteiger partial charge in [0.25, 0.3) is 5.91 Å². The number of esters is 1. The maximum Gasteiger partial charge on any atom is 0.337 e. The zero-order valence-electron chi connectivity index (χ0n) is 18.5. The quantitative estimate of drug-likeness (QED) is 0.511. The van der Waals surface area contributed by atoms with Crippen molar-refractivity contribution in [2.45, 2.75) is 40.5 Å². The van der Waals surface area contributed by atoms with Gasteiger partial charge >= 0.3 is 5.97 Å². The lowest BCUT2D eigenvalue weighted by Gasteiger charge is -2.16. The number of carbonyl (C=O) groups is 2. The Kier molecular flexibility index (Phi) is 6.79. The molecule has 0 unspecified atom stereocenters. The third-order valence-electron chi connectivity index (χ3n) is 5.10. The van der Waals surface area contributed by atoms with Gasteiger partial charge in [-0.1, -0.05) is 0 Å². The zero-order chi connectivity index (χ0) is 22.5. The van der Waals surface area contributed by atoms with Gasteiger partial charge < -0.3 is 18.8 Å². The highest BCUT2D eigenvalue weighted by atomic mass is 16.5. The Morgan fingerprint density at radius 3 is 2.45 bits per heavy atom. The lowest BCUT2D eigenvalue weighted by molar-refractivity contribution is 0.0600. The molecule has 1 aromatic carbocycles. The van der Waals surface area contributed by atoms with Crippen LogP contribution in [-0.2, 0) is 24.4 Å². The fraction of sp³-hybridized carbons (Fsp3) is 0.348. The Bertz CT molecular complexity index is 1070. The van der Waals surface area contributed by atoms with E-state index in [1.807, 2.05) is 25.5 Å². The largest absolute Gasteiger partial charge is 0.486 e. The molecule has 0 atom stereocenters. The van der Waals surface area contributed by atoms with Crippen molar-refractivity contribution < 1.29 is 23.5 Å². The van der Waals surface area contributed by atoms with E-state index in [9.17, 15) is 9.59 Å². The van der Waals surface area contributed by atoms with Crippen LogP contribution in [0.2, 0.25) is 0 Å². The molecule has 0 aliphatic heterocycles. The first-order chi connectivity index (χ1) is 14.8. The summed E-state index contributed by atoms with van der Waals surface area (Å²) < 4.78 is 18.0. The second-order valence-electron chi connectivity index (χ2n) is 7.20. The number of nitrogens with zero attached hydrogens (tertiary/aromatic N) is 3. The van der Waals surface area contributed by atoms with Crippen molar-refractivity contribution >= 4 is 11.9 Å². The van der Waals surface area contributed by atoms with Gasteiger partial charge in [0.2, 0.25) is 0 Å². The van der Waals surface area contributed by atoms with E-state index < -0.39 is 5.97 Å². The van der Waals surface area contributed by atoms with Crippen molar-refractivity contribution in [3.63, 3.8) is 0 Å².